The van der Waals surface area contributed by atoms with Crippen molar-refractivity contribution in [3.05, 3.63) is 64.9 Å². The first kappa shape index (κ1) is 28.7. The predicted molar refractivity (Wildman–Crippen MR) is 155 cm³/mol. The summed E-state index contributed by atoms with van der Waals surface area (Å²) in [5.41, 5.74) is 4.72. The van der Waals surface area contributed by atoms with E-state index in [1.165, 1.54) is 5.57 Å². The van der Waals surface area contributed by atoms with Crippen LogP contribution in [0.2, 0.25) is 0 Å². The topological polar surface area (TPSA) is 79.0 Å². The van der Waals surface area contributed by atoms with Crippen molar-refractivity contribution in [2.75, 3.05) is 31.1 Å². The maximum Gasteiger partial charge on any atom is 0.410 e. The van der Waals surface area contributed by atoms with Crippen LogP contribution in [0.1, 0.15) is 87.2 Å². The standard InChI is InChI=1S/C32H43N3O4/c1-32(2,3)39-31(38)34(19-15-24-11-7-5-4-6-9-17-33-23-24)18-10-8-12-28(36)27-21-25-13-14-29(37)35-20-16-26(22-27)30(25)35/h5-7,9,21-23,33H,4,8,10-20H2,1-3H3/b7-5-,9-6-,24-23+. The molecule has 2 amide bonds. The van der Waals surface area contributed by atoms with E-state index in [-0.39, 0.29) is 17.8 Å². The fourth-order valence-electron chi connectivity index (χ4n) is 5.34. The van der Waals surface area contributed by atoms with Gasteiger partial charge in [0, 0.05) is 44.6 Å². The Morgan fingerprint density at radius 2 is 1.77 bits per heavy atom. The summed E-state index contributed by atoms with van der Waals surface area (Å²) in [5, 5.41) is 3.33. The molecule has 0 bridgehead atoms. The van der Waals surface area contributed by atoms with Gasteiger partial charge >= 0.3 is 6.09 Å². The second-order valence-corrected chi connectivity index (χ2v) is 11.6. The van der Waals surface area contributed by atoms with Crippen LogP contribution < -0.4 is 10.2 Å². The van der Waals surface area contributed by atoms with E-state index in [9.17, 15) is 14.4 Å². The number of unbranched alkanes of at least 4 members (excludes halogenated alkanes) is 1. The Morgan fingerprint density at radius 3 is 2.56 bits per heavy atom. The van der Waals surface area contributed by atoms with Gasteiger partial charge in [-0.2, -0.15) is 0 Å². The van der Waals surface area contributed by atoms with Crippen LogP contribution in [-0.2, 0) is 22.4 Å². The molecule has 210 valence electrons. The Bertz CT molecular complexity index is 1160. The van der Waals surface area contributed by atoms with Gasteiger partial charge in [0.05, 0.1) is 5.69 Å². The second kappa shape index (κ2) is 13.1. The van der Waals surface area contributed by atoms with Gasteiger partial charge in [-0.15, -0.1) is 0 Å². The summed E-state index contributed by atoms with van der Waals surface area (Å²) in [4.78, 5) is 41.9. The number of allylic oxidation sites excluding steroid dienone is 3. The first-order valence-electron chi connectivity index (χ1n) is 14.4. The van der Waals surface area contributed by atoms with Gasteiger partial charge in [0.1, 0.15) is 5.60 Å². The van der Waals surface area contributed by atoms with E-state index >= 15 is 0 Å². The Kier molecular flexibility index (Phi) is 9.65. The average Bonchev–Trinajstić information content (AvgIpc) is 3.33. The van der Waals surface area contributed by atoms with Crippen LogP contribution in [0.4, 0.5) is 10.5 Å². The number of rotatable bonds is 9. The normalized spacial score (nSPS) is 19.8. The molecule has 4 rings (SSSR count). The number of benzene rings is 1. The van der Waals surface area contributed by atoms with Gasteiger partial charge in [0.25, 0.3) is 0 Å². The molecule has 0 aliphatic carbocycles. The quantitative estimate of drug-likeness (QED) is 0.244. The molecule has 3 aliphatic rings. The highest BCUT2D eigenvalue weighted by Gasteiger charge is 2.32. The molecule has 0 saturated carbocycles. The highest BCUT2D eigenvalue weighted by molar-refractivity contribution is 6.02. The summed E-state index contributed by atoms with van der Waals surface area (Å²) >= 11 is 0. The van der Waals surface area contributed by atoms with Crippen molar-refractivity contribution in [3.63, 3.8) is 0 Å². The third kappa shape index (κ3) is 8.07. The lowest BCUT2D eigenvalue weighted by atomic mass is 9.94. The number of hydrogen-bond donors (Lipinski definition) is 1. The molecule has 1 N–H and O–H groups in total. The van der Waals surface area contributed by atoms with Crippen molar-refractivity contribution in [3.8, 4) is 0 Å². The largest absolute Gasteiger partial charge is 0.444 e. The highest BCUT2D eigenvalue weighted by atomic mass is 16.6. The van der Waals surface area contributed by atoms with Crippen molar-refractivity contribution < 1.29 is 19.1 Å². The van der Waals surface area contributed by atoms with E-state index in [0.29, 0.717) is 38.8 Å². The zero-order chi connectivity index (χ0) is 27.8. The number of hydrogen-bond acceptors (Lipinski definition) is 5. The summed E-state index contributed by atoms with van der Waals surface area (Å²) in [6.07, 6.45) is 16.8. The van der Waals surface area contributed by atoms with Gasteiger partial charge in [-0.3, -0.25) is 9.59 Å². The molecule has 7 nitrogen and oxygen atoms in total. The third-order valence-electron chi connectivity index (χ3n) is 7.34. The minimum Gasteiger partial charge on any atom is -0.444 e. The van der Waals surface area contributed by atoms with Gasteiger partial charge in [-0.05, 0) is 101 Å². The Hall–Kier alpha value is -3.35. The van der Waals surface area contributed by atoms with Gasteiger partial charge < -0.3 is 19.9 Å². The number of Topliss-reactive ketones (excluding diaryl/α,β-unsaturated/α-hetero) is 1. The summed E-state index contributed by atoms with van der Waals surface area (Å²) < 4.78 is 5.69. The van der Waals surface area contributed by atoms with Gasteiger partial charge in [-0.25, -0.2) is 4.79 Å². The second-order valence-electron chi connectivity index (χ2n) is 11.6. The molecule has 0 aromatic heterocycles. The van der Waals surface area contributed by atoms with Crippen LogP contribution in [0.3, 0.4) is 0 Å². The monoisotopic (exact) mass is 533 g/mol. The number of aryl methyl sites for hydroxylation is 1. The lowest BCUT2D eigenvalue weighted by molar-refractivity contribution is -0.118. The predicted octanol–water partition coefficient (Wildman–Crippen LogP) is 5.88. The fourth-order valence-corrected chi connectivity index (χ4v) is 5.34. The van der Waals surface area contributed by atoms with E-state index in [1.54, 1.807) is 4.90 Å². The lowest BCUT2D eigenvalue weighted by Crippen LogP contribution is -2.38. The van der Waals surface area contributed by atoms with Crippen LogP contribution in [0.25, 0.3) is 0 Å². The molecule has 3 aliphatic heterocycles. The summed E-state index contributed by atoms with van der Waals surface area (Å²) in [7, 11) is 0. The number of anilines is 1. The van der Waals surface area contributed by atoms with Crippen LogP contribution in [0.5, 0.6) is 0 Å². The van der Waals surface area contributed by atoms with E-state index in [2.05, 4.69) is 35.8 Å². The molecule has 0 saturated heterocycles. The molecule has 39 heavy (non-hydrogen) atoms. The average molecular weight is 534 g/mol. The number of ether oxygens (including phenoxy) is 1. The minimum atomic E-state index is -0.564. The van der Waals surface area contributed by atoms with E-state index < -0.39 is 5.60 Å². The van der Waals surface area contributed by atoms with Crippen LogP contribution in [0.15, 0.2) is 48.2 Å². The zero-order valence-electron chi connectivity index (χ0n) is 23.8. The molecule has 0 atom stereocenters. The SMILES string of the molecule is CC(C)(C)OC(=O)N(CCCCC(=O)c1cc2c3c(c1)CCN3C(=O)CC2)CC/C1=C/NC/C=C\C/C=C\C1. The Labute approximate surface area is 233 Å². The molecule has 1 aromatic carbocycles. The van der Waals surface area contributed by atoms with Crippen molar-refractivity contribution in [1.29, 1.82) is 0 Å². The molecule has 3 heterocycles. The van der Waals surface area contributed by atoms with Crippen LogP contribution in [-0.4, -0.2) is 54.5 Å². The van der Waals surface area contributed by atoms with E-state index in [0.717, 1.165) is 67.6 Å². The minimum absolute atomic E-state index is 0.131. The van der Waals surface area contributed by atoms with Crippen LogP contribution in [0, 0.1) is 0 Å². The van der Waals surface area contributed by atoms with Crippen molar-refractivity contribution >= 4 is 23.5 Å². The molecule has 7 heteroatoms. The van der Waals surface area contributed by atoms with Crippen molar-refractivity contribution in [1.82, 2.24) is 10.2 Å². The van der Waals surface area contributed by atoms with Crippen LogP contribution >= 0.6 is 0 Å². The van der Waals surface area contributed by atoms with Crippen molar-refractivity contribution in [2.45, 2.75) is 84.2 Å². The molecule has 0 radical (unpaired) electrons. The summed E-state index contributed by atoms with van der Waals surface area (Å²) in [6, 6.07) is 3.97. The van der Waals surface area contributed by atoms with Gasteiger partial charge in [0.2, 0.25) is 5.91 Å². The molecule has 0 fully saturated rings. The molecule has 0 unspecified atom stereocenters. The van der Waals surface area contributed by atoms with Gasteiger partial charge in [-0.1, -0.05) is 24.3 Å². The van der Waals surface area contributed by atoms with Crippen molar-refractivity contribution in [2.24, 2.45) is 0 Å². The highest BCUT2D eigenvalue weighted by Crippen LogP contribution is 2.37. The molecular weight excluding hydrogens is 490 g/mol. The fraction of sp³-hybridized carbons (Fsp3) is 0.531. The molecular formula is C32H43N3O4. The number of ketones is 1. The number of amides is 2. The molecule has 0 spiro atoms. The first-order chi connectivity index (χ1) is 18.7. The maximum absolute atomic E-state index is 13.1. The summed E-state index contributed by atoms with van der Waals surface area (Å²) in [6.45, 7) is 8.28. The van der Waals surface area contributed by atoms with E-state index in [4.69, 9.17) is 4.74 Å². The number of carbonyl (C=O) groups excluding carboxylic acids is 3. The number of nitrogens with one attached hydrogen (secondary N) is 1. The van der Waals surface area contributed by atoms with Gasteiger partial charge in [0.15, 0.2) is 5.78 Å². The molecule has 1 aromatic rings. The van der Waals surface area contributed by atoms with E-state index in [1.807, 2.05) is 37.8 Å². The Morgan fingerprint density at radius 1 is 1.00 bits per heavy atom. The summed E-state index contributed by atoms with van der Waals surface area (Å²) in [5.74, 6) is 0.323. The maximum atomic E-state index is 13.1. The first-order valence-corrected chi connectivity index (χ1v) is 14.4. The lowest BCUT2D eigenvalue weighted by Gasteiger charge is -2.28. The number of nitrogens with zero attached hydrogens (tertiary/aromatic N) is 2. The third-order valence-corrected chi connectivity index (χ3v) is 7.34. The Balaban J connectivity index is 1.32. The smallest absolute Gasteiger partial charge is 0.410 e. The number of carbonyl (C=O) groups is 3. The zero-order valence-corrected chi connectivity index (χ0v) is 23.8.